The second kappa shape index (κ2) is 7.20. The molecule has 6 nitrogen and oxygen atoms in total. The summed E-state index contributed by atoms with van der Waals surface area (Å²) in [4.78, 5) is 4.05. The van der Waals surface area contributed by atoms with Crippen LogP contribution < -0.4 is 4.74 Å². The van der Waals surface area contributed by atoms with E-state index < -0.39 is 23.7 Å². The van der Waals surface area contributed by atoms with Crippen LogP contribution in [0.3, 0.4) is 0 Å². The topological polar surface area (TPSA) is 107 Å². The van der Waals surface area contributed by atoms with Crippen LogP contribution in [0.4, 0.5) is 0 Å². The van der Waals surface area contributed by atoms with Crippen LogP contribution in [0.5, 0.6) is 5.75 Å². The maximum Gasteiger partial charge on any atom is 0.173 e. The van der Waals surface area contributed by atoms with Crippen LogP contribution in [0.2, 0.25) is 0 Å². The lowest BCUT2D eigenvalue weighted by molar-refractivity contribution is -0.0785. The molecule has 124 valence electrons. The van der Waals surface area contributed by atoms with Crippen molar-refractivity contribution < 1.29 is 20.1 Å². The molecule has 2 heterocycles. The lowest BCUT2D eigenvalue weighted by Crippen LogP contribution is -2.50. The molecule has 0 unspecified atom stereocenters. The summed E-state index contributed by atoms with van der Waals surface area (Å²) in [7, 11) is 0. The number of thioether (sulfide) groups is 1. The quantitative estimate of drug-likeness (QED) is 0.767. The van der Waals surface area contributed by atoms with Gasteiger partial charge in [-0.2, -0.15) is 5.26 Å². The van der Waals surface area contributed by atoms with E-state index in [1.807, 2.05) is 12.1 Å². The molecule has 0 radical (unpaired) electrons. The Hall–Kier alpha value is -2.11. The molecule has 1 aromatic heterocycles. The van der Waals surface area contributed by atoms with Gasteiger partial charge in [0.1, 0.15) is 18.0 Å². The first-order valence-electron chi connectivity index (χ1n) is 7.37. The molecule has 0 bridgehead atoms. The first-order valence-corrected chi connectivity index (χ1v) is 8.42. The Labute approximate surface area is 143 Å². The molecule has 0 aliphatic carbocycles. The lowest BCUT2D eigenvalue weighted by Gasteiger charge is -2.34. The molecule has 1 fully saturated rings. The van der Waals surface area contributed by atoms with E-state index in [9.17, 15) is 15.3 Å². The summed E-state index contributed by atoms with van der Waals surface area (Å²) in [6.45, 7) is 0. The van der Waals surface area contributed by atoms with Gasteiger partial charge in [-0.15, -0.1) is 11.8 Å². The third kappa shape index (κ3) is 3.37. The Morgan fingerprint density at radius 1 is 1.12 bits per heavy atom. The van der Waals surface area contributed by atoms with Gasteiger partial charge in [-0.1, -0.05) is 12.1 Å². The van der Waals surface area contributed by atoms with E-state index in [-0.39, 0.29) is 5.75 Å². The van der Waals surface area contributed by atoms with E-state index in [0.29, 0.717) is 11.3 Å². The number of hydrogen-bond donors (Lipinski definition) is 3. The summed E-state index contributed by atoms with van der Waals surface area (Å²) < 4.78 is 5.84. The Balaban J connectivity index is 1.85. The van der Waals surface area contributed by atoms with E-state index in [4.69, 9.17) is 10.00 Å². The maximum atomic E-state index is 10.1. The van der Waals surface area contributed by atoms with Crippen molar-refractivity contribution in [2.24, 2.45) is 0 Å². The van der Waals surface area contributed by atoms with Crippen molar-refractivity contribution in [2.75, 3.05) is 5.75 Å². The first-order chi connectivity index (χ1) is 11.6. The number of nitrogens with zero attached hydrogens (tertiary/aromatic N) is 2. The van der Waals surface area contributed by atoms with Crippen LogP contribution in [-0.2, 0) is 0 Å². The maximum absolute atomic E-state index is 10.1. The minimum atomic E-state index is -1.24. The molecule has 24 heavy (non-hydrogen) atoms. The van der Waals surface area contributed by atoms with E-state index >= 15 is 0 Å². The monoisotopic (exact) mass is 344 g/mol. The van der Waals surface area contributed by atoms with Crippen molar-refractivity contribution in [1.82, 2.24) is 4.98 Å². The van der Waals surface area contributed by atoms with Crippen LogP contribution in [0.25, 0.3) is 11.1 Å². The third-order valence-electron chi connectivity index (χ3n) is 3.81. The summed E-state index contributed by atoms with van der Waals surface area (Å²) in [6.07, 6.45) is -0.252. The van der Waals surface area contributed by atoms with Crippen molar-refractivity contribution in [3.05, 3.63) is 48.3 Å². The van der Waals surface area contributed by atoms with Crippen molar-refractivity contribution in [2.45, 2.75) is 23.7 Å². The number of nitriles is 1. The average molecular weight is 344 g/mol. The largest absolute Gasteiger partial charge is 0.475 e. The molecule has 1 saturated heterocycles. The predicted molar refractivity (Wildman–Crippen MR) is 89.3 cm³/mol. The smallest absolute Gasteiger partial charge is 0.173 e. The van der Waals surface area contributed by atoms with Crippen LogP contribution in [-0.4, -0.2) is 49.8 Å². The van der Waals surface area contributed by atoms with Gasteiger partial charge < -0.3 is 20.1 Å². The second-order valence-corrected chi connectivity index (χ2v) is 6.56. The van der Waals surface area contributed by atoms with Crippen LogP contribution >= 0.6 is 11.8 Å². The summed E-state index contributed by atoms with van der Waals surface area (Å²) in [5.74, 6) is 0.734. The zero-order chi connectivity index (χ0) is 17.1. The summed E-state index contributed by atoms with van der Waals surface area (Å²) >= 11 is 1.23. The van der Waals surface area contributed by atoms with Crippen LogP contribution in [0.15, 0.2) is 42.7 Å². The van der Waals surface area contributed by atoms with Crippen molar-refractivity contribution in [1.29, 1.82) is 5.26 Å². The fraction of sp³-hybridized carbons (Fsp3) is 0.294. The van der Waals surface area contributed by atoms with E-state index in [1.54, 1.807) is 24.4 Å². The van der Waals surface area contributed by atoms with Gasteiger partial charge in [0.15, 0.2) is 5.44 Å². The predicted octanol–water partition coefficient (Wildman–Crippen LogP) is 1.15. The number of pyridine rings is 1. The van der Waals surface area contributed by atoms with E-state index in [0.717, 1.165) is 11.1 Å². The van der Waals surface area contributed by atoms with Crippen molar-refractivity contribution in [3.63, 3.8) is 0 Å². The highest BCUT2D eigenvalue weighted by Crippen LogP contribution is 2.34. The number of hydrogen-bond acceptors (Lipinski definition) is 7. The lowest BCUT2D eigenvalue weighted by atomic mass is 10.0. The zero-order valence-corrected chi connectivity index (χ0v) is 13.4. The molecule has 2 aromatic rings. The number of rotatable bonds is 3. The van der Waals surface area contributed by atoms with Crippen molar-refractivity contribution in [3.8, 4) is 22.9 Å². The fourth-order valence-electron chi connectivity index (χ4n) is 2.44. The molecule has 3 N–H and O–H groups in total. The zero-order valence-electron chi connectivity index (χ0n) is 12.6. The number of aromatic nitrogens is 1. The normalized spacial score (nSPS) is 26.6. The molecule has 1 aromatic carbocycles. The molecule has 1 aliphatic rings. The highest BCUT2D eigenvalue weighted by Gasteiger charge is 2.38. The molecular formula is C17H16N2O4S. The van der Waals surface area contributed by atoms with Crippen molar-refractivity contribution >= 4 is 11.8 Å². The minimum absolute atomic E-state index is 0.273. The highest BCUT2D eigenvalue weighted by atomic mass is 32.2. The number of ether oxygens (including phenoxy) is 1. The number of aliphatic hydroxyl groups excluding tert-OH is 3. The average Bonchev–Trinajstić information content (AvgIpc) is 2.63. The summed E-state index contributed by atoms with van der Waals surface area (Å²) in [5, 5.41) is 38.4. The molecule has 4 atom stereocenters. The van der Waals surface area contributed by atoms with Crippen LogP contribution in [0.1, 0.15) is 5.56 Å². The van der Waals surface area contributed by atoms with Gasteiger partial charge in [0.25, 0.3) is 0 Å². The van der Waals surface area contributed by atoms with E-state index in [2.05, 4.69) is 11.1 Å². The Bertz CT molecular complexity index is 747. The van der Waals surface area contributed by atoms with Gasteiger partial charge >= 0.3 is 0 Å². The van der Waals surface area contributed by atoms with Gasteiger partial charge in [-0.3, -0.25) is 4.98 Å². The van der Waals surface area contributed by atoms with Gasteiger partial charge in [0.2, 0.25) is 0 Å². The number of aliphatic hydroxyl groups is 3. The molecule has 0 spiro atoms. The van der Waals surface area contributed by atoms with Gasteiger partial charge in [-0.25, -0.2) is 0 Å². The SMILES string of the molecule is N#Cc1ccc(-c2ccncc2O[C@@H]2SC[C@@H](O)[C@H](O)[C@H]2O)cc1. The Morgan fingerprint density at radius 3 is 2.58 bits per heavy atom. The molecule has 0 saturated carbocycles. The highest BCUT2D eigenvalue weighted by molar-refractivity contribution is 7.99. The van der Waals surface area contributed by atoms with Gasteiger partial charge in [0, 0.05) is 17.5 Å². The third-order valence-corrected chi connectivity index (χ3v) is 5.04. The second-order valence-electron chi connectivity index (χ2n) is 5.43. The molecule has 7 heteroatoms. The van der Waals surface area contributed by atoms with E-state index in [1.165, 1.54) is 18.0 Å². The molecule has 1 aliphatic heterocycles. The molecular weight excluding hydrogens is 328 g/mol. The summed E-state index contributed by atoms with van der Waals surface area (Å²) in [5.41, 5.74) is 1.47. The standard InChI is InChI=1S/C17H16N2O4S/c18-7-10-1-3-11(4-2-10)12-5-6-19-8-14(12)23-17-16(22)15(21)13(20)9-24-17/h1-6,8,13,15-17,20-22H,9H2/t13-,15+,16-,17-/m1/s1. The fourth-order valence-corrected chi connectivity index (χ4v) is 3.56. The number of benzene rings is 1. The Kier molecular flexibility index (Phi) is 5.02. The van der Waals surface area contributed by atoms with Gasteiger partial charge in [0.05, 0.1) is 23.9 Å². The molecule has 3 rings (SSSR count). The first kappa shape index (κ1) is 16.7. The summed E-state index contributed by atoms with van der Waals surface area (Å²) in [6, 6.07) is 10.9. The Morgan fingerprint density at radius 2 is 1.88 bits per heavy atom. The van der Waals surface area contributed by atoms with Crippen LogP contribution in [0, 0.1) is 11.3 Å². The van der Waals surface area contributed by atoms with Gasteiger partial charge in [-0.05, 0) is 23.8 Å². The molecule has 0 amide bonds. The minimum Gasteiger partial charge on any atom is -0.475 e.